The molecule has 5 nitrogen and oxygen atoms in total. The first-order chi connectivity index (χ1) is 9.45. The molecule has 104 valence electrons. The fraction of sp³-hybridized carbons (Fsp3) is 0.333. The molecule has 0 fully saturated rings. The monoisotopic (exact) mass is 269 g/mol. The van der Waals surface area contributed by atoms with Crippen molar-refractivity contribution in [1.82, 2.24) is 19.3 Å². The van der Waals surface area contributed by atoms with Gasteiger partial charge in [-0.1, -0.05) is 12.1 Å². The second-order valence-corrected chi connectivity index (χ2v) is 5.99. The number of anilines is 1. The Labute approximate surface area is 118 Å². The molecule has 1 aromatic carbocycles. The van der Waals surface area contributed by atoms with Crippen molar-refractivity contribution < 1.29 is 0 Å². The quantitative estimate of drug-likeness (QED) is 0.778. The van der Waals surface area contributed by atoms with E-state index in [2.05, 4.69) is 36.5 Å². The molecule has 5 heteroatoms. The van der Waals surface area contributed by atoms with Gasteiger partial charge < -0.3 is 10.3 Å². The Bertz CT molecular complexity index is 745. The number of nitrogens with two attached hydrogens (primary N) is 1. The Hall–Kier alpha value is -2.30. The van der Waals surface area contributed by atoms with Crippen LogP contribution < -0.4 is 5.73 Å². The summed E-state index contributed by atoms with van der Waals surface area (Å²) in [6.07, 6.45) is 3.48. The van der Waals surface area contributed by atoms with Crippen LogP contribution in [0.5, 0.6) is 0 Å². The summed E-state index contributed by atoms with van der Waals surface area (Å²) in [4.78, 5) is 4.74. The van der Waals surface area contributed by atoms with Crippen molar-refractivity contribution >= 4 is 16.7 Å². The number of rotatable bonds is 2. The summed E-state index contributed by atoms with van der Waals surface area (Å²) in [7, 11) is 0. The number of nitrogens with zero attached hydrogens (tertiary/aromatic N) is 4. The summed E-state index contributed by atoms with van der Waals surface area (Å²) >= 11 is 0. The molecule has 0 aliphatic rings. The molecule has 0 atom stereocenters. The number of hydrogen-bond donors (Lipinski definition) is 1. The van der Waals surface area contributed by atoms with Crippen molar-refractivity contribution in [3.63, 3.8) is 0 Å². The number of fused-ring (bicyclic) bond motifs is 1. The van der Waals surface area contributed by atoms with Crippen molar-refractivity contribution in [2.24, 2.45) is 0 Å². The van der Waals surface area contributed by atoms with Crippen LogP contribution in [-0.4, -0.2) is 19.3 Å². The molecule has 0 amide bonds. The Morgan fingerprint density at radius 2 is 1.95 bits per heavy atom. The van der Waals surface area contributed by atoms with E-state index in [1.165, 1.54) is 0 Å². The highest BCUT2D eigenvalue weighted by atomic mass is 15.3. The summed E-state index contributed by atoms with van der Waals surface area (Å²) in [5.74, 6) is 0.988. The van der Waals surface area contributed by atoms with Gasteiger partial charge in [0.2, 0.25) is 0 Å². The molecule has 2 N–H and O–H groups in total. The fourth-order valence-corrected chi connectivity index (χ4v) is 2.54. The normalized spacial score (nSPS) is 12.2. The van der Waals surface area contributed by atoms with Crippen LogP contribution in [0.4, 0.5) is 5.69 Å². The predicted molar refractivity (Wildman–Crippen MR) is 80.5 cm³/mol. The lowest BCUT2D eigenvalue weighted by Crippen LogP contribution is -2.25. The molecule has 0 saturated heterocycles. The molecular weight excluding hydrogens is 250 g/mol. The molecule has 0 aliphatic carbocycles. The van der Waals surface area contributed by atoms with Crippen LogP contribution in [0.3, 0.4) is 0 Å². The molecular formula is C15H19N5. The number of hydrogen-bond acceptors (Lipinski definition) is 3. The third kappa shape index (κ3) is 2.15. The van der Waals surface area contributed by atoms with Gasteiger partial charge in [-0.15, -0.1) is 0 Å². The van der Waals surface area contributed by atoms with Crippen LogP contribution in [0.2, 0.25) is 0 Å². The van der Waals surface area contributed by atoms with E-state index in [4.69, 9.17) is 10.7 Å². The SMILES string of the molecule is CC(C)(C)n1c(Cn2cc(N)cn2)nc2ccccc21. The largest absolute Gasteiger partial charge is 0.396 e. The van der Waals surface area contributed by atoms with E-state index in [1.54, 1.807) is 6.20 Å². The van der Waals surface area contributed by atoms with Crippen molar-refractivity contribution in [3.05, 3.63) is 42.5 Å². The van der Waals surface area contributed by atoms with E-state index in [0.717, 1.165) is 16.9 Å². The van der Waals surface area contributed by atoms with Crippen molar-refractivity contribution in [2.75, 3.05) is 5.73 Å². The first-order valence-corrected chi connectivity index (χ1v) is 6.70. The first kappa shape index (κ1) is 12.7. The minimum absolute atomic E-state index is 0.0376. The lowest BCUT2D eigenvalue weighted by atomic mass is 10.1. The van der Waals surface area contributed by atoms with Crippen molar-refractivity contribution in [1.29, 1.82) is 0 Å². The summed E-state index contributed by atoms with van der Waals surface area (Å²) < 4.78 is 4.08. The van der Waals surface area contributed by atoms with E-state index in [1.807, 2.05) is 29.1 Å². The minimum Gasteiger partial charge on any atom is -0.396 e. The van der Waals surface area contributed by atoms with Gasteiger partial charge in [-0.3, -0.25) is 4.68 Å². The van der Waals surface area contributed by atoms with Gasteiger partial charge in [0.15, 0.2) is 0 Å². The summed E-state index contributed by atoms with van der Waals surface area (Å²) in [6, 6.07) is 8.20. The average molecular weight is 269 g/mol. The zero-order valence-electron chi connectivity index (χ0n) is 12.0. The molecule has 0 saturated carbocycles. The smallest absolute Gasteiger partial charge is 0.132 e. The van der Waals surface area contributed by atoms with Crippen LogP contribution in [0.25, 0.3) is 11.0 Å². The van der Waals surface area contributed by atoms with Gasteiger partial charge in [0.1, 0.15) is 5.82 Å². The predicted octanol–water partition coefficient (Wildman–Crippen LogP) is 2.62. The second kappa shape index (κ2) is 4.37. The van der Waals surface area contributed by atoms with E-state index in [-0.39, 0.29) is 5.54 Å². The minimum atomic E-state index is -0.0376. The molecule has 0 aliphatic heterocycles. The van der Waals surface area contributed by atoms with Gasteiger partial charge in [-0.05, 0) is 32.9 Å². The molecule has 2 heterocycles. The number of nitrogen functional groups attached to an aromatic ring is 1. The van der Waals surface area contributed by atoms with E-state index in [0.29, 0.717) is 12.2 Å². The maximum Gasteiger partial charge on any atom is 0.132 e. The first-order valence-electron chi connectivity index (χ1n) is 6.70. The standard InChI is InChI=1S/C15H19N5/c1-15(2,3)20-13-7-5-4-6-12(13)18-14(20)10-19-9-11(16)8-17-19/h4-9H,10,16H2,1-3H3. The number of para-hydroxylation sites is 2. The molecule has 3 aromatic rings. The number of benzene rings is 1. The summed E-state index contributed by atoms with van der Waals surface area (Å²) in [6.45, 7) is 7.16. The van der Waals surface area contributed by atoms with Crippen molar-refractivity contribution in [3.8, 4) is 0 Å². The third-order valence-corrected chi connectivity index (χ3v) is 3.26. The lowest BCUT2D eigenvalue weighted by molar-refractivity contribution is 0.388. The van der Waals surface area contributed by atoms with Gasteiger partial charge in [-0.2, -0.15) is 5.10 Å². The maximum atomic E-state index is 5.72. The van der Waals surface area contributed by atoms with Gasteiger partial charge in [0.05, 0.1) is 29.5 Å². The zero-order valence-corrected chi connectivity index (χ0v) is 12.0. The average Bonchev–Trinajstić information content (AvgIpc) is 2.91. The van der Waals surface area contributed by atoms with Crippen LogP contribution in [0, 0.1) is 0 Å². The molecule has 0 spiro atoms. The Morgan fingerprint density at radius 1 is 1.20 bits per heavy atom. The van der Waals surface area contributed by atoms with Crippen molar-refractivity contribution in [2.45, 2.75) is 32.9 Å². The Balaban J connectivity index is 2.14. The Kier molecular flexibility index (Phi) is 2.78. The summed E-state index contributed by atoms with van der Waals surface area (Å²) in [5.41, 5.74) is 8.51. The number of aromatic nitrogens is 4. The van der Waals surface area contributed by atoms with Gasteiger partial charge in [-0.25, -0.2) is 4.98 Å². The topological polar surface area (TPSA) is 61.7 Å². The molecule has 20 heavy (non-hydrogen) atoms. The third-order valence-electron chi connectivity index (χ3n) is 3.26. The highest BCUT2D eigenvalue weighted by Gasteiger charge is 2.21. The van der Waals surface area contributed by atoms with Crippen LogP contribution >= 0.6 is 0 Å². The number of imidazole rings is 1. The van der Waals surface area contributed by atoms with E-state index in [9.17, 15) is 0 Å². The second-order valence-electron chi connectivity index (χ2n) is 5.99. The summed E-state index contributed by atoms with van der Waals surface area (Å²) in [5, 5.41) is 4.24. The molecule has 0 bridgehead atoms. The van der Waals surface area contributed by atoms with Crippen LogP contribution in [0.15, 0.2) is 36.7 Å². The zero-order chi connectivity index (χ0) is 14.3. The maximum absolute atomic E-state index is 5.72. The molecule has 0 unspecified atom stereocenters. The van der Waals surface area contributed by atoms with Crippen LogP contribution in [0.1, 0.15) is 26.6 Å². The molecule has 0 radical (unpaired) electrons. The Morgan fingerprint density at radius 3 is 2.60 bits per heavy atom. The molecule has 3 rings (SSSR count). The van der Waals surface area contributed by atoms with E-state index >= 15 is 0 Å². The fourth-order valence-electron chi connectivity index (χ4n) is 2.54. The van der Waals surface area contributed by atoms with Gasteiger partial charge >= 0.3 is 0 Å². The van der Waals surface area contributed by atoms with Gasteiger partial charge in [0.25, 0.3) is 0 Å². The lowest BCUT2D eigenvalue weighted by Gasteiger charge is -2.24. The highest BCUT2D eigenvalue weighted by Crippen LogP contribution is 2.25. The van der Waals surface area contributed by atoms with E-state index < -0.39 is 0 Å². The highest BCUT2D eigenvalue weighted by molar-refractivity contribution is 5.76. The molecule has 2 aromatic heterocycles. The van der Waals surface area contributed by atoms with Crippen LogP contribution in [-0.2, 0) is 12.1 Å². The van der Waals surface area contributed by atoms with Gasteiger partial charge in [0, 0.05) is 11.7 Å².